The Kier molecular flexibility index (Phi) is 8.07. The zero-order valence-corrected chi connectivity index (χ0v) is 23.3. The maximum Gasteiger partial charge on any atom is 0.339 e. The van der Waals surface area contributed by atoms with E-state index in [1.54, 1.807) is 13.2 Å². The molecule has 2 aromatic heterocycles. The number of ether oxygens (including phenoxy) is 2. The number of nitrogens with zero attached hydrogens (tertiary/aromatic N) is 3. The molecule has 2 heterocycles. The van der Waals surface area contributed by atoms with Crippen molar-refractivity contribution in [3.05, 3.63) is 104 Å². The Balaban J connectivity index is 1.48. The molecule has 41 heavy (non-hydrogen) atoms. The minimum atomic E-state index is -0.571. The van der Waals surface area contributed by atoms with Crippen molar-refractivity contribution in [2.75, 3.05) is 20.3 Å². The van der Waals surface area contributed by atoms with Crippen LogP contribution in [0.15, 0.2) is 54.6 Å². The van der Waals surface area contributed by atoms with Crippen LogP contribution in [0.4, 0.5) is 5.69 Å². The molecule has 210 valence electrons. The molecule has 0 saturated heterocycles. The maximum atomic E-state index is 13.6. The van der Waals surface area contributed by atoms with Crippen LogP contribution in [0.25, 0.3) is 22.6 Å². The first kappa shape index (κ1) is 27.9. The van der Waals surface area contributed by atoms with E-state index >= 15 is 0 Å². The lowest BCUT2D eigenvalue weighted by Crippen LogP contribution is -2.19. The number of non-ortho nitro benzene ring substituents is 1. The van der Waals surface area contributed by atoms with Gasteiger partial charge in [-0.25, -0.2) is 9.78 Å². The summed E-state index contributed by atoms with van der Waals surface area (Å²) < 4.78 is 12.8. The summed E-state index contributed by atoms with van der Waals surface area (Å²) in [5.74, 6) is -0.841. The van der Waals surface area contributed by atoms with Crippen molar-refractivity contribution in [3.63, 3.8) is 0 Å². The van der Waals surface area contributed by atoms with Crippen LogP contribution in [0.3, 0.4) is 0 Å². The van der Waals surface area contributed by atoms with Crippen LogP contribution in [-0.4, -0.2) is 46.6 Å². The SMILES string of the molecule is COCCn1c(C)cc(C(=O)COC(=O)c2c3c(nc4ccccc24)C(=Cc2cccc([N+](=O)[O-])c2)CCC3)c1C. The van der Waals surface area contributed by atoms with Gasteiger partial charge in [0.25, 0.3) is 5.69 Å². The number of para-hydroxylation sites is 1. The van der Waals surface area contributed by atoms with Gasteiger partial charge in [0.2, 0.25) is 5.78 Å². The van der Waals surface area contributed by atoms with Gasteiger partial charge in [-0.1, -0.05) is 30.3 Å². The third kappa shape index (κ3) is 5.67. The first-order valence-corrected chi connectivity index (χ1v) is 13.5. The van der Waals surface area contributed by atoms with Crippen molar-refractivity contribution >= 4 is 40.0 Å². The molecule has 9 heteroatoms. The van der Waals surface area contributed by atoms with Gasteiger partial charge in [0.15, 0.2) is 6.61 Å². The fraction of sp³-hybridized carbons (Fsp3) is 0.281. The van der Waals surface area contributed by atoms with Gasteiger partial charge in [0, 0.05) is 48.1 Å². The van der Waals surface area contributed by atoms with E-state index in [-0.39, 0.29) is 18.1 Å². The summed E-state index contributed by atoms with van der Waals surface area (Å²) in [6.07, 6.45) is 4.01. The second-order valence-corrected chi connectivity index (χ2v) is 10.1. The number of allylic oxidation sites excluding steroid dienone is 1. The van der Waals surface area contributed by atoms with Gasteiger partial charge < -0.3 is 14.0 Å². The third-order valence-electron chi connectivity index (χ3n) is 7.52. The lowest BCUT2D eigenvalue weighted by Gasteiger charge is -2.22. The molecule has 0 bridgehead atoms. The molecule has 2 aromatic carbocycles. The van der Waals surface area contributed by atoms with Crippen LogP contribution in [0.1, 0.15) is 61.8 Å². The van der Waals surface area contributed by atoms with Gasteiger partial charge in [-0.05, 0) is 68.0 Å². The quantitative estimate of drug-likeness (QED) is 0.106. The summed E-state index contributed by atoms with van der Waals surface area (Å²) in [5, 5.41) is 11.9. The van der Waals surface area contributed by atoms with Crippen LogP contribution < -0.4 is 0 Å². The van der Waals surface area contributed by atoms with Crippen LogP contribution in [-0.2, 0) is 22.4 Å². The predicted octanol–water partition coefficient (Wildman–Crippen LogP) is 6.12. The average Bonchev–Trinajstić information content (AvgIpc) is 3.26. The van der Waals surface area contributed by atoms with E-state index in [4.69, 9.17) is 14.5 Å². The Morgan fingerprint density at radius 1 is 1.10 bits per heavy atom. The minimum Gasteiger partial charge on any atom is -0.454 e. The number of aromatic nitrogens is 2. The molecule has 9 nitrogen and oxygen atoms in total. The number of aryl methyl sites for hydroxylation is 1. The number of ketones is 1. The smallest absolute Gasteiger partial charge is 0.339 e. The molecule has 1 aliphatic rings. The van der Waals surface area contributed by atoms with Crippen molar-refractivity contribution in [1.29, 1.82) is 0 Å². The Morgan fingerprint density at radius 3 is 2.68 bits per heavy atom. The topological polar surface area (TPSA) is 114 Å². The van der Waals surface area contributed by atoms with E-state index in [9.17, 15) is 19.7 Å². The number of methoxy groups -OCH3 is 1. The van der Waals surface area contributed by atoms with E-state index in [2.05, 4.69) is 0 Å². The molecular weight excluding hydrogens is 522 g/mol. The van der Waals surface area contributed by atoms with Crippen LogP contribution >= 0.6 is 0 Å². The molecule has 5 rings (SSSR count). The highest BCUT2D eigenvalue weighted by Gasteiger charge is 2.27. The summed E-state index contributed by atoms with van der Waals surface area (Å²) in [6.45, 7) is 4.58. The van der Waals surface area contributed by atoms with E-state index < -0.39 is 10.9 Å². The van der Waals surface area contributed by atoms with Crippen LogP contribution in [0.5, 0.6) is 0 Å². The Hall–Kier alpha value is -4.63. The van der Waals surface area contributed by atoms with Crippen molar-refractivity contribution in [2.45, 2.75) is 39.7 Å². The largest absolute Gasteiger partial charge is 0.454 e. The number of Topliss-reactive ketones (excluding diaryl/α,β-unsaturated/α-hetero) is 1. The van der Waals surface area contributed by atoms with Gasteiger partial charge in [-0.15, -0.1) is 0 Å². The summed E-state index contributed by atoms with van der Waals surface area (Å²) in [4.78, 5) is 42.5. The standard InChI is InChI=1S/C32H31N3O6/c1-20-16-27(21(2)34(20)14-15-40-3)29(36)19-41-32(37)30-25-11-4-5-13-28(25)33-31-23(9-7-12-26(30)31)17-22-8-6-10-24(18-22)35(38)39/h4-6,8,10-11,13,16-18H,7,9,12,14-15,19H2,1-3H3. The highest BCUT2D eigenvalue weighted by molar-refractivity contribution is 6.08. The molecule has 0 saturated carbocycles. The predicted molar refractivity (Wildman–Crippen MR) is 156 cm³/mol. The summed E-state index contributed by atoms with van der Waals surface area (Å²) in [5.41, 5.74) is 6.36. The summed E-state index contributed by atoms with van der Waals surface area (Å²) in [7, 11) is 1.63. The number of rotatable bonds is 9. The van der Waals surface area contributed by atoms with Crippen molar-refractivity contribution in [2.24, 2.45) is 0 Å². The second kappa shape index (κ2) is 11.9. The first-order valence-electron chi connectivity index (χ1n) is 13.5. The highest BCUT2D eigenvalue weighted by Crippen LogP contribution is 2.36. The molecule has 0 spiro atoms. The number of hydrogen-bond donors (Lipinski definition) is 0. The monoisotopic (exact) mass is 553 g/mol. The fourth-order valence-corrected chi connectivity index (χ4v) is 5.53. The molecule has 0 fully saturated rings. The number of benzene rings is 2. The molecular formula is C32H31N3O6. The van der Waals surface area contributed by atoms with E-state index in [0.29, 0.717) is 59.3 Å². The number of esters is 1. The number of fused-ring (bicyclic) bond motifs is 2. The van der Waals surface area contributed by atoms with E-state index in [0.717, 1.165) is 28.9 Å². The number of nitro groups is 1. The normalized spacial score (nSPS) is 13.8. The number of carbonyl (C=O) groups excluding carboxylic acids is 2. The molecule has 0 amide bonds. The molecule has 0 atom stereocenters. The summed E-state index contributed by atoms with van der Waals surface area (Å²) in [6, 6.07) is 15.6. The Labute approximate surface area is 237 Å². The fourth-order valence-electron chi connectivity index (χ4n) is 5.53. The zero-order chi connectivity index (χ0) is 29.1. The molecule has 0 aliphatic heterocycles. The minimum absolute atomic E-state index is 0.00950. The van der Waals surface area contributed by atoms with Gasteiger partial charge in [0.05, 0.1) is 28.3 Å². The van der Waals surface area contributed by atoms with E-state index in [1.165, 1.54) is 12.1 Å². The average molecular weight is 554 g/mol. The van der Waals surface area contributed by atoms with Crippen LogP contribution in [0, 0.1) is 24.0 Å². The number of carbonyl (C=O) groups is 2. The molecule has 1 aliphatic carbocycles. The van der Waals surface area contributed by atoms with Gasteiger partial charge in [0.1, 0.15) is 0 Å². The lowest BCUT2D eigenvalue weighted by atomic mass is 9.86. The second-order valence-electron chi connectivity index (χ2n) is 10.1. The van der Waals surface area contributed by atoms with Gasteiger partial charge in [-0.3, -0.25) is 14.9 Å². The maximum absolute atomic E-state index is 13.6. The molecule has 0 N–H and O–H groups in total. The first-order chi connectivity index (χ1) is 19.8. The van der Waals surface area contributed by atoms with Gasteiger partial charge >= 0.3 is 5.97 Å². The molecule has 0 unspecified atom stereocenters. The third-order valence-corrected chi connectivity index (χ3v) is 7.52. The molecule has 4 aromatic rings. The van der Waals surface area contributed by atoms with Crippen LogP contribution in [0.2, 0.25) is 0 Å². The number of pyridine rings is 1. The number of hydrogen-bond acceptors (Lipinski definition) is 7. The summed E-state index contributed by atoms with van der Waals surface area (Å²) >= 11 is 0. The van der Waals surface area contributed by atoms with Crippen molar-refractivity contribution in [3.8, 4) is 0 Å². The number of nitro benzene ring substituents is 1. The van der Waals surface area contributed by atoms with Crippen molar-refractivity contribution < 1.29 is 24.0 Å². The molecule has 0 radical (unpaired) electrons. The highest BCUT2D eigenvalue weighted by atomic mass is 16.6. The van der Waals surface area contributed by atoms with Crippen molar-refractivity contribution in [1.82, 2.24) is 9.55 Å². The van der Waals surface area contributed by atoms with Gasteiger partial charge in [-0.2, -0.15) is 0 Å². The van der Waals surface area contributed by atoms with E-state index in [1.807, 2.05) is 60.9 Å². The lowest BCUT2D eigenvalue weighted by molar-refractivity contribution is -0.384. The Morgan fingerprint density at radius 2 is 1.90 bits per heavy atom. The Bertz CT molecular complexity index is 1700. The zero-order valence-electron chi connectivity index (χ0n) is 23.3.